The molecule has 1 aromatic heterocycles. The summed E-state index contributed by atoms with van der Waals surface area (Å²) in [6.07, 6.45) is -1.07. The molecule has 2 heterocycles. The first-order chi connectivity index (χ1) is 11.7. The van der Waals surface area contributed by atoms with Crippen molar-refractivity contribution < 1.29 is 18.3 Å². The summed E-state index contributed by atoms with van der Waals surface area (Å²) >= 11 is 1.27. The highest BCUT2D eigenvalue weighted by molar-refractivity contribution is 7.91. The Morgan fingerprint density at radius 3 is 2.48 bits per heavy atom. The van der Waals surface area contributed by atoms with Crippen LogP contribution in [0.1, 0.15) is 10.4 Å². The van der Waals surface area contributed by atoms with Crippen molar-refractivity contribution in [3.05, 3.63) is 29.8 Å². The number of aromatic nitrogens is 2. The van der Waals surface area contributed by atoms with Gasteiger partial charge in [-0.2, -0.15) is 9.36 Å². The lowest BCUT2D eigenvalue weighted by Crippen LogP contribution is -2.42. The van der Waals surface area contributed by atoms with Gasteiger partial charge in [0.15, 0.2) is 9.84 Å². The van der Waals surface area contributed by atoms with E-state index >= 15 is 0 Å². The van der Waals surface area contributed by atoms with Gasteiger partial charge in [-0.3, -0.25) is 4.79 Å². The van der Waals surface area contributed by atoms with Crippen LogP contribution in [0.2, 0.25) is 0 Å². The average Bonchev–Trinajstić information content (AvgIpc) is 3.12. The SMILES string of the molecule is CN(C)c1nsc(-c2ccc(C(=O)N[C@@H]3CS(=O)(=O)C[C@H]3O)cc2)n1. The third-order valence-electron chi connectivity index (χ3n) is 3.85. The molecule has 25 heavy (non-hydrogen) atoms. The molecule has 0 unspecified atom stereocenters. The molecule has 1 aliphatic heterocycles. The van der Waals surface area contributed by atoms with Crippen molar-refractivity contribution in [3.8, 4) is 10.6 Å². The van der Waals surface area contributed by atoms with Crippen LogP contribution in [0.3, 0.4) is 0 Å². The maximum Gasteiger partial charge on any atom is 0.251 e. The van der Waals surface area contributed by atoms with Gasteiger partial charge in [0.05, 0.1) is 23.7 Å². The Hall–Kier alpha value is -2.04. The summed E-state index contributed by atoms with van der Waals surface area (Å²) in [5.41, 5.74) is 1.23. The zero-order valence-corrected chi connectivity index (χ0v) is 15.3. The molecular weight excluding hydrogens is 364 g/mol. The molecular formula is C15H18N4O4S2. The quantitative estimate of drug-likeness (QED) is 0.774. The lowest BCUT2D eigenvalue weighted by atomic mass is 10.1. The minimum absolute atomic E-state index is 0.240. The highest BCUT2D eigenvalue weighted by Crippen LogP contribution is 2.24. The number of nitrogens with zero attached hydrogens (tertiary/aromatic N) is 3. The maximum absolute atomic E-state index is 12.2. The lowest BCUT2D eigenvalue weighted by Gasteiger charge is -2.14. The topological polar surface area (TPSA) is 112 Å². The smallest absolute Gasteiger partial charge is 0.251 e. The van der Waals surface area contributed by atoms with Crippen molar-refractivity contribution in [2.45, 2.75) is 12.1 Å². The van der Waals surface area contributed by atoms with Crippen molar-refractivity contribution in [3.63, 3.8) is 0 Å². The molecule has 0 aliphatic carbocycles. The molecule has 134 valence electrons. The fourth-order valence-electron chi connectivity index (χ4n) is 2.50. The van der Waals surface area contributed by atoms with E-state index in [1.54, 1.807) is 24.3 Å². The first kappa shape index (κ1) is 17.8. The number of benzene rings is 1. The number of aliphatic hydroxyl groups is 1. The summed E-state index contributed by atoms with van der Waals surface area (Å²) in [5.74, 6) is -0.352. The van der Waals surface area contributed by atoms with Gasteiger partial charge in [0.1, 0.15) is 5.01 Å². The van der Waals surface area contributed by atoms with Gasteiger partial charge in [0, 0.05) is 25.2 Å². The largest absolute Gasteiger partial charge is 0.390 e. The first-order valence-electron chi connectivity index (χ1n) is 7.56. The molecule has 1 amide bonds. The molecule has 8 nitrogen and oxygen atoms in total. The van der Waals surface area contributed by atoms with Crippen LogP contribution in [-0.2, 0) is 9.84 Å². The van der Waals surface area contributed by atoms with Crippen LogP contribution in [0.5, 0.6) is 0 Å². The van der Waals surface area contributed by atoms with Crippen molar-refractivity contribution >= 4 is 33.2 Å². The molecule has 2 aromatic rings. The van der Waals surface area contributed by atoms with Gasteiger partial charge in [-0.15, -0.1) is 0 Å². The van der Waals surface area contributed by atoms with E-state index in [1.165, 1.54) is 11.5 Å². The normalized spacial score (nSPS) is 21.9. The number of nitrogens with one attached hydrogen (secondary N) is 1. The third-order valence-corrected chi connectivity index (χ3v) is 6.32. The van der Waals surface area contributed by atoms with Crippen LogP contribution in [0.4, 0.5) is 5.95 Å². The number of hydrogen-bond donors (Lipinski definition) is 2. The Kier molecular flexibility index (Phi) is 4.76. The van der Waals surface area contributed by atoms with Crippen molar-refractivity contribution in [1.82, 2.24) is 14.7 Å². The van der Waals surface area contributed by atoms with E-state index in [-0.39, 0.29) is 11.5 Å². The van der Waals surface area contributed by atoms with Crippen LogP contribution < -0.4 is 10.2 Å². The molecule has 2 atom stereocenters. The minimum Gasteiger partial charge on any atom is -0.390 e. The van der Waals surface area contributed by atoms with Crippen LogP contribution in [0, 0.1) is 0 Å². The second kappa shape index (κ2) is 6.70. The fraction of sp³-hybridized carbons (Fsp3) is 0.400. The fourth-order valence-corrected chi connectivity index (χ4v) is 4.97. The molecule has 1 saturated heterocycles. The molecule has 1 fully saturated rings. The van der Waals surface area contributed by atoms with Crippen molar-refractivity contribution in [2.75, 3.05) is 30.5 Å². The van der Waals surface area contributed by atoms with Crippen LogP contribution in [0.15, 0.2) is 24.3 Å². The van der Waals surface area contributed by atoms with E-state index in [1.807, 2.05) is 19.0 Å². The Bertz CT molecular complexity index is 877. The monoisotopic (exact) mass is 382 g/mol. The molecule has 0 saturated carbocycles. The van der Waals surface area contributed by atoms with Crippen LogP contribution in [-0.4, -0.2) is 66.5 Å². The summed E-state index contributed by atoms with van der Waals surface area (Å²) in [5, 5.41) is 13.1. The highest BCUT2D eigenvalue weighted by Gasteiger charge is 2.37. The first-order valence-corrected chi connectivity index (χ1v) is 10.2. The van der Waals surface area contributed by atoms with E-state index < -0.39 is 27.9 Å². The number of carbonyl (C=O) groups excluding carboxylic acids is 1. The Labute approximate surface area is 149 Å². The van der Waals surface area contributed by atoms with Gasteiger partial charge >= 0.3 is 0 Å². The van der Waals surface area contributed by atoms with Gasteiger partial charge in [-0.25, -0.2) is 8.42 Å². The molecule has 10 heteroatoms. The van der Waals surface area contributed by atoms with Gasteiger partial charge < -0.3 is 15.3 Å². The molecule has 3 rings (SSSR count). The predicted octanol–water partition coefficient (Wildman–Crippen LogP) is 0.159. The van der Waals surface area contributed by atoms with Gasteiger partial charge in [0.25, 0.3) is 5.91 Å². The zero-order valence-electron chi connectivity index (χ0n) is 13.7. The Morgan fingerprint density at radius 1 is 1.28 bits per heavy atom. The zero-order chi connectivity index (χ0) is 18.2. The highest BCUT2D eigenvalue weighted by atomic mass is 32.2. The van der Waals surface area contributed by atoms with E-state index in [2.05, 4.69) is 14.7 Å². The number of rotatable bonds is 4. The van der Waals surface area contributed by atoms with E-state index in [4.69, 9.17) is 0 Å². The van der Waals surface area contributed by atoms with E-state index in [0.29, 0.717) is 11.5 Å². The standard InChI is InChI=1S/C15H18N4O4S2/c1-19(2)15-17-14(24-18-15)10-5-3-9(4-6-10)13(21)16-11-7-25(22,23)8-12(11)20/h3-6,11-12,20H,7-8H2,1-2H3,(H,16,21)/t11-,12-/m1/s1. The lowest BCUT2D eigenvalue weighted by molar-refractivity contribution is 0.0889. The summed E-state index contributed by atoms with van der Waals surface area (Å²) in [6.45, 7) is 0. The number of aliphatic hydroxyl groups excluding tert-OH is 1. The van der Waals surface area contributed by atoms with Gasteiger partial charge in [-0.05, 0) is 23.7 Å². The van der Waals surface area contributed by atoms with Crippen LogP contribution in [0.25, 0.3) is 10.6 Å². The molecule has 2 N–H and O–H groups in total. The predicted molar refractivity (Wildman–Crippen MR) is 95.6 cm³/mol. The summed E-state index contributed by atoms with van der Waals surface area (Å²) < 4.78 is 27.2. The number of amides is 1. The molecule has 1 aromatic carbocycles. The average molecular weight is 382 g/mol. The van der Waals surface area contributed by atoms with Crippen LogP contribution >= 0.6 is 11.5 Å². The van der Waals surface area contributed by atoms with Gasteiger partial charge in [0.2, 0.25) is 5.95 Å². The number of sulfone groups is 1. The van der Waals surface area contributed by atoms with E-state index in [9.17, 15) is 18.3 Å². The maximum atomic E-state index is 12.2. The number of anilines is 1. The summed E-state index contributed by atoms with van der Waals surface area (Å²) in [7, 11) is 0.414. The molecule has 0 radical (unpaired) electrons. The minimum atomic E-state index is -3.30. The second-order valence-electron chi connectivity index (χ2n) is 6.10. The van der Waals surface area contributed by atoms with Crippen molar-refractivity contribution in [1.29, 1.82) is 0 Å². The second-order valence-corrected chi connectivity index (χ2v) is 9.00. The Balaban J connectivity index is 1.70. The van der Waals surface area contributed by atoms with E-state index in [0.717, 1.165) is 10.6 Å². The summed E-state index contributed by atoms with van der Waals surface area (Å²) in [4.78, 5) is 18.5. The summed E-state index contributed by atoms with van der Waals surface area (Å²) in [6, 6.07) is 6.02. The molecule has 1 aliphatic rings. The van der Waals surface area contributed by atoms with Gasteiger partial charge in [-0.1, -0.05) is 12.1 Å². The third kappa shape index (κ3) is 3.97. The Morgan fingerprint density at radius 2 is 1.96 bits per heavy atom. The number of hydrogen-bond acceptors (Lipinski definition) is 8. The van der Waals surface area contributed by atoms with Crippen molar-refractivity contribution in [2.24, 2.45) is 0 Å². The molecule has 0 spiro atoms. The molecule has 0 bridgehead atoms. The number of carbonyl (C=O) groups is 1.